The molecule has 1 aromatic heterocycles. The van der Waals surface area contributed by atoms with E-state index >= 15 is 0 Å². The second-order valence-electron chi connectivity index (χ2n) is 2.45. The topological polar surface area (TPSA) is 0 Å². The monoisotopic (exact) mass is 176 g/mol. The van der Waals surface area contributed by atoms with Crippen molar-refractivity contribution in [2.24, 2.45) is 0 Å². The van der Waals surface area contributed by atoms with Crippen molar-refractivity contribution in [2.45, 2.75) is 13.1 Å². The molecule has 0 aliphatic carbocycles. The smallest absolute Gasteiger partial charge is 0.161 e. The molecule has 0 aliphatic rings. The van der Waals surface area contributed by atoms with E-state index in [0.29, 0.717) is 0 Å². The maximum atomic E-state index is 6.15. The van der Waals surface area contributed by atoms with Crippen molar-refractivity contribution in [1.82, 2.24) is 0 Å². The van der Waals surface area contributed by atoms with Gasteiger partial charge in [-0.3, -0.25) is 0 Å². The number of rotatable bonds is 1. The summed E-state index contributed by atoms with van der Waals surface area (Å²) < 4.78 is 1.36. The van der Waals surface area contributed by atoms with Gasteiger partial charge in [0.15, 0.2) is 7.38 Å². The summed E-state index contributed by atoms with van der Waals surface area (Å²) in [6.45, 7) is 4.28. The van der Waals surface area contributed by atoms with Gasteiger partial charge < -0.3 is 0 Å². The number of hydrogen-bond donors (Lipinski definition) is 0. The van der Waals surface area contributed by atoms with Gasteiger partial charge in [0.25, 0.3) is 0 Å². The fourth-order valence-electron chi connectivity index (χ4n) is 0.617. The summed E-state index contributed by atoms with van der Waals surface area (Å²) in [5.74, 6) is 0. The normalized spacial score (nSPS) is 11.9. The highest BCUT2D eigenvalue weighted by atomic mass is 35.6. The van der Waals surface area contributed by atoms with Gasteiger partial charge in [0.05, 0.1) is 0 Å². The highest BCUT2D eigenvalue weighted by Crippen LogP contribution is 2.10. The van der Waals surface area contributed by atoms with Gasteiger partial charge in [0.1, 0.15) is 0 Å². The van der Waals surface area contributed by atoms with Crippen LogP contribution in [0.1, 0.15) is 0 Å². The molecule has 0 unspecified atom stereocenters. The maximum absolute atomic E-state index is 6.15. The Kier molecular flexibility index (Phi) is 1.99. The lowest BCUT2D eigenvalue weighted by Crippen LogP contribution is -2.31. The van der Waals surface area contributed by atoms with Gasteiger partial charge in [-0.25, -0.2) is 0 Å². The number of hydrogen-bond acceptors (Lipinski definition) is 1. The molecule has 0 saturated heterocycles. The Bertz CT molecular complexity index is 175. The average molecular weight is 177 g/mol. The van der Waals surface area contributed by atoms with E-state index in [-0.39, 0.29) is 0 Å². The molecule has 0 saturated carbocycles. The van der Waals surface area contributed by atoms with Crippen LogP contribution in [-0.4, -0.2) is 7.38 Å². The van der Waals surface area contributed by atoms with Gasteiger partial charge in [-0.1, -0.05) is 25.2 Å². The lowest BCUT2D eigenvalue weighted by Gasteiger charge is -2.08. The second-order valence-corrected chi connectivity index (χ2v) is 10.1. The summed E-state index contributed by atoms with van der Waals surface area (Å²) in [5, 5.41) is 2.08. The van der Waals surface area contributed by atoms with Crippen molar-refractivity contribution in [3.63, 3.8) is 0 Å². The SMILES string of the molecule is C[Si](C)(Cl)c1cccs1. The van der Waals surface area contributed by atoms with Crippen molar-refractivity contribution >= 4 is 34.3 Å². The molecule has 0 aliphatic heterocycles. The third kappa shape index (κ3) is 1.81. The molecular weight excluding hydrogens is 168 g/mol. The molecule has 50 valence electrons. The Morgan fingerprint density at radius 2 is 2.22 bits per heavy atom. The third-order valence-electron chi connectivity index (χ3n) is 1.11. The van der Waals surface area contributed by atoms with Crippen LogP contribution >= 0.6 is 22.4 Å². The molecule has 9 heavy (non-hydrogen) atoms. The molecule has 0 atom stereocenters. The first-order valence-electron chi connectivity index (χ1n) is 2.83. The zero-order valence-electron chi connectivity index (χ0n) is 5.52. The fraction of sp³-hybridized carbons (Fsp3) is 0.333. The molecule has 0 amide bonds. The minimum absolute atomic E-state index is 1.36. The van der Waals surface area contributed by atoms with Gasteiger partial charge >= 0.3 is 0 Å². The molecule has 0 radical (unpaired) electrons. The Hall–Kier alpha value is 0.207. The Morgan fingerprint density at radius 1 is 1.56 bits per heavy atom. The zero-order chi connectivity index (χ0) is 6.91. The summed E-state index contributed by atoms with van der Waals surface area (Å²) in [6, 6.07) is 4.17. The van der Waals surface area contributed by atoms with Crippen molar-refractivity contribution in [3.05, 3.63) is 17.5 Å². The van der Waals surface area contributed by atoms with Crippen LogP contribution < -0.4 is 4.50 Å². The first-order valence-corrected chi connectivity index (χ1v) is 7.73. The molecule has 3 heteroatoms. The Balaban J connectivity index is 2.90. The molecule has 1 rings (SSSR count). The first kappa shape index (κ1) is 7.32. The summed E-state index contributed by atoms with van der Waals surface area (Å²) in [6.07, 6.45) is 0. The Morgan fingerprint density at radius 3 is 2.44 bits per heavy atom. The number of thiophene rings is 1. The summed E-state index contributed by atoms with van der Waals surface area (Å²) in [5.41, 5.74) is 0. The minimum Gasteiger partial charge on any atom is -0.161 e. The molecule has 0 spiro atoms. The summed E-state index contributed by atoms with van der Waals surface area (Å²) in [4.78, 5) is 0. The first-order chi connectivity index (χ1) is 4.11. The molecule has 1 aromatic rings. The van der Waals surface area contributed by atoms with E-state index < -0.39 is 7.38 Å². The van der Waals surface area contributed by atoms with Crippen molar-refractivity contribution in [1.29, 1.82) is 0 Å². The van der Waals surface area contributed by atoms with Crippen LogP contribution in [0.4, 0.5) is 0 Å². The maximum Gasteiger partial charge on any atom is 0.191 e. The standard InChI is InChI=1S/C6H9ClSSi/c1-9(2,7)6-4-3-5-8-6/h3-5H,1-2H3. The van der Waals surface area contributed by atoms with E-state index in [2.05, 4.69) is 30.6 Å². The molecule has 0 fully saturated rings. The lowest BCUT2D eigenvalue weighted by atomic mass is 10.7. The zero-order valence-corrected chi connectivity index (χ0v) is 8.09. The van der Waals surface area contributed by atoms with Gasteiger partial charge in [0.2, 0.25) is 0 Å². The van der Waals surface area contributed by atoms with Gasteiger partial charge in [-0.15, -0.1) is 0 Å². The molecule has 0 nitrogen and oxygen atoms in total. The average Bonchev–Trinajstić information content (AvgIpc) is 2.08. The molecule has 0 aromatic carbocycles. The molecule has 1 heterocycles. The highest BCUT2D eigenvalue weighted by molar-refractivity contribution is 7.38. The van der Waals surface area contributed by atoms with Crippen LogP contribution in [0.3, 0.4) is 0 Å². The predicted molar refractivity (Wildman–Crippen MR) is 47.3 cm³/mol. The van der Waals surface area contributed by atoms with Crippen LogP contribution in [0.25, 0.3) is 0 Å². The largest absolute Gasteiger partial charge is 0.191 e. The molecule has 0 bridgehead atoms. The van der Waals surface area contributed by atoms with Crippen molar-refractivity contribution in [3.8, 4) is 0 Å². The van der Waals surface area contributed by atoms with Crippen LogP contribution in [0.15, 0.2) is 17.5 Å². The highest BCUT2D eigenvalue weighted by Gasteiger charge is 2.20. The summed E-state index contributed by atoms with van der Waals surface area (Å²) >= 11 is 7.91. The van der Waals surface area contributed by atoms with E-state index in [9.17, 15) is 0 Å². The second kappa shape index (κ2) is 2.44. The van der Waals surface area contributed by atoms with Crippen molar-refractivity contribution < 1.29 is 0 Å². The predicted octanol–water partition coefficient (Wildman–Crippen LogP) is 2.40. The molecule has 0 N–H and O–H groups in total. The quantitative estimate of drug-likeness (QED) is 0.456. The molecular formula is C6H9ClSSi. The van der Waals surface area contributed by atoms with Gasteiger partial charge in [-0.2, -0.15) is 22.4 Å². The Labute approximate surface area is 65.2 Å². The van der Waals surface area contributed by atoms with Crippen LogP contribution in [0.2, 0.25) is 13.1 Å². The lowest BCUT2D eigenvalue weighted by molar-refractivity contribution is 1.94. The van der Waals surface area contributed by atoms with Gasteiger partial charge in [0, 0.05) is 4.50 Å². The minimum atomic E-state index is -1.49. The van der Waals surface area contributed by atoms with Crippen LogP contribution in [-0.2, 0) is 0 Å². The van der Waals surface area contributed by atoms with E-state index in [0.717, 1.165) is 0 Å². The third-order valence-corrected chi connectivity index (χ3v) is 5.96. The van der Waals surface area contributed by atoms with E-state index in [1.54, 1.807) is 11.3 Å². The van der Waals surface area contributed by atoms with Crippen LogP contribution in [0.5, 0.6) is 0 Å². The number of halogens is 1. The van der Waals surface area contributed by atoms with Gasteiger partial charge in [-0.05, 0) is 5.38 Å². The van der Waals surface area contributed by atoms with Crippen molar-refractivity contribution in [2.75, 3.05) is 0 Å². The fourth-order valence-corrected chi connectivity index (χ4v) is 3.49. The summed E-state index contributed by atoms with van der Waals surface area (Å²) in [7, 11) is -1.49. The van der Waals surface area contributed by atoms with E-state index in [4.69, 9.17) is 11.1 Å². The van der Waals surface area contributed by atoms with E-state index in [1.165, 1.54) is 4.50 Å². The van der Waals surface area contributed by atoms with E-state index in [1.807, 2.05) is 0 Å². The van der Waals surface area contributed by atoms with Crippen LogP contribution in [0, 0.1) is 0 Å².